The fourth-order valence-electron chi connectivity index (χ4n) is 2.22. The van der Waals surface area contributed by atoms with Gasteiger partial charge >= 0.3 is 5.91 Å². The minimum Gasteiger partial charge on any atom is -0.494 e. The summed E-state index contributed by atoms with van der Waals surface area (Å²) in [7, 11) is 0. The van der Waals surface area contributed by atoms with Gasteiger partial charge in [-0.3, -0.25) is 25.0 Å². The lowest BCUT2D eigenvalue weighted by molar-refractivity contribution is -0.121. The van der Waals surface area contributed by atoms with Crippen molar-refractivity contribution in [1.29, 1.82) is 0 Å². The molecule has 2 N–H and O–H groups in total. The highest BCUT2D eigenvalue weighted by atomic mass is 16.6. The number of rotatable bonds is 4. The number of benzene rings is 1. The van der Waals surface area contributed by atoms with Gasteiger partial charge < -0.3 is 9.47 Å². The summed E-state index contributed by atoms with van der Waals surface area (Å²) in [6, 6.07) is 7.04. The molecule has 0 radical (unpaired) electrons. The highest BCUT2D eigenvalue weighted by molar-refractivity contribution is 5.92. The fraction of sp³-hybridized carbons (Fsp3) is 0.267. The molecule has 1 amide bonds. The van der Waals surface area contributed by atoms with Crippen LogP contribution in [0.15, 0.2) is 41.1 Å². The molecule has 0 atom stereocenters. The van der Waals surface area contributed by atoms with Gasteiger partial charge in [0.2, 0.25) is 11.7 Å². The molecule has 1 aliphatic heterocycles. The van der Waals surface area contributed by atoms with Crippen LogP contribution in [0.1, 0.15) is 6.92 Å². The molecule has 0 unspecified atom stereocenters. The Morgan fingerprint density at radius 2 is 2.17 bits per heavy atom. The van der Waals surface area contributed by atoms with E-state index in [0.29, 0.717) is 30.7 Å². The van der Waals surface area contributed by atoms with E-state index in [0.717, 1.165) is 0 Å². The molecule has 8 nitrogen and oxygen atoms in total. The second-order valence-electron chi connectivity index (χ2n) is 4.78. The molecule has 8 heteroatoms. The van der Waals surface area contributed by atoms with Gasteiger partial charge in [-0.15, -0.1) is 0 Å². The van der Waals surface area contributed by atoms with Gasteiger partial charge in [0.05, 0.1) is 10.9 Å². The number of anilines is 1. The molecular formula is C15H16N4O4. The van der Waals surface area contributed by atoms with Crippen LogP contribution >= 0.6 is 0 Å². The third kappa shape index (κ3) is 2.96. The molecule has 3 rings (SSSR count). The summed E-state index contributed by atoms with van der Waals surface area (Å²) in [6.07, 6.45) is 1.25. The SMILES string of the molecule is CCn1c(NNC(=O)C2=COCCO2)nc2ccccc2c1=O. The van der Waals surface area contributed by atoms with E-state index >= 15 is 0 Å². The molecule has 0 spiro atoms. The normalized spacial score (nSPS) is 13.7. The van der Waals surface area contributed by atoms with Crippen molar-refractivity contribution in [1.82, 2.24) is 15.0 Å². The summed E-state index contributed by atoms with van der Waals surface area (Å²) >= 11 is 0. The second kappa shape index (κ2) is 6.39. The number of hydrogen-bond acceptors (Lipinski definition) is 6. The number of para-hydroxylation sites is 1. The third-order valence-corrected chi connectivity index (χ3v) is 3.34. The second-order valence-corrected chi connectivity index (χ2v) is 4.78. The zero-order valence-corrected chi connectivity index (χ0v) is 12.5. The first kappa shape index (κ1) is 14.9. The largest absolute Gasteiger partial charge is 0.494 e. The Hall–Kier alpha value is -3.03. The van der Waals surface area contributed by atoms with Gasteiger partial charge in [0.15, 0.2) is 0 Å². The van der Waals surface area contributed by atoms with Crippen molar-refractivity contribution in [2.24, 2.45) is 0 Å². The molecule has 0 saturated heterocycles. The topological polar surface area (TPSA) is 94.5 Å². The maximum atomic E-state index is 12.4. The predicted octanol–water partition coefficient (Wildman–Crippen LogP) is 0.748. The van der Waals surface area contributed by atoms with Crippen LogP contribution in [0, 0.1) is 0 Å². The maximum absolute atomic E-state index is 12.4. The van der Waals surface area contributed by atoms with Crippen LogP contribution in [0.5, 0.6) is 0 Å². The molecule has 0 saturated carbocycles. The Kier molecular flexibility index (Phi) is 4.13. The Bertz CT molecular complexity index is 828. The van der Waals surface area contributed by atoms with E-state index in [1.807, 2.05) is 6.92 Å². The lowest BCUT2D eigenvalue weighted by Gasteiger charge is -2.17. The zero-order chi connectivity index (χ0) is 16.2. The summed E-state index contributed by atoms with van der Waals surface area (Å²) in [5.41, 5.74) is 5.50. The first-order chi connectivity index (χ1) is 11.2. The first-order valence-electron chi connectivity index (χ1n) is 7.21. The Morgan fingerprint density at radius 1 is 1.35 bits per heavy atom. The average Bonchev–Trinajstić information content (AvgIpc) is 2.60. The van der Waals surface area contributed by atoms with Crippen LogP contribution in [0.2, 0.25) is 0 Å². The van der Waals surface area contributed by atoms with Crippen LogP contribution in [-0.2, 0) is 20.8 Å². The molecule has 2 aromatic rings. The van der Waals surface area contributed by atoms with Crippen molar-refractivity contribution >= 4 is 22.8 Å². The van der Waals surface area contributed by atoms with Crippen molar-refractivity contribution in [3.8, 4) is 0 Å². The molecule has 0 aliphatic carbocycles. The number of nitrogens with one attached hydrogen (secondary N) is 2. The number of fused-ring (bicyclic) bond motifs is 1. The minimum absolute atomic E-state index is 0.0648. The fourth-order valence-corrected chi connectivity index (χ4v) is 2.22. The predicted molar refractivity (Wildman–Crippen MR) is 83.4 cm³/mol. The number of hydrogen-bond donors (Lipinski definition) is 2. The van der Waals surface area contributed by atoms with E-state index in [-0.39, 0.29) is 17.3 Å². The lowest BCUT2D eigenvalue weighted by atomic mass is 10.2. The van der Waals surface area contributed by atoms with Crippen molar-refractivity contribution in [3.63, 3.8) is 0 Å². The number of amides is 1. The number of hydrazine groups is 1. The molecule has 0 fully saturated rings. The highest BCUT2D eigenvalue weighted by Crippen LogP contribution is 2.11. The molecular weight excluding hydrogens is 300 g/mol. The Balaban J connectivity index is 1.86. The standard InChI is InChI=1S/C15H16N4O4/c1-2-19-14(21)10-5-3-4-6-11(10)16-15(19)18-17-13(20)12-9-22-7-8-23-12/h3-6,9H,2,7-8H2,1H3,(H,16,18)(H,17,20). The van der Waals surface area contributed by atoms with Gasteiger partial charge in [-0.2, -0.15) is 0 Å². The van der Waals surface area contributed by atoms with Crippen molar-refractivity contribution < 1.29 is 14.3 Å². The van der Waals surface area contributed by atoms with E-state index in [1.165, 1.54) is 10.8 Å². The molecule has 2 heterocycles. The number of aromatic nitrogens is 2. The van der Waals surface area contributed by atoms with Gasteiger partial charge in [0.25, 0.3) is 5.56 Å². The van der Waals surface area contributed by atoms with Crippen molar-refractivity contribution in [2.75, 3.05) is 18.6 Å². The van der Waals surface area contributed by atoms with Crippen LogP contribution in [0.4, 0.5) is 5.95 Å². The minimum atomic E-state index is -0.505. The Morgan fingerprint density at radius 3 is 2.91 bits per heavy atom. The lowest BCUT2D eigenvalue weighted by Crippen LogP contribution is -2.36. The van der Waals surface area contributed by atoms with Gasteiger partial charge in [0.1, 0.15) is 19.5 Å². The molecule has 120 valence electrons. The molecule has 23 heavy (non-hydrogen) atoms. The van der Waals surface area contributed by atoms with Crippen LogP contribution in [0.3, 0.4) is 0 Å². The molecule has 1 aromatic heterocycles. The van der Waals surface area contributed by atoms with Crippen LogP contribution in [-0.4, -0.2) is 28.7 Å². The smallest absolute Gasteiger partial charge is 0.308 e. The van der Waals surface area contributed by atoms with Gasteiger partial charge in [-0.1, -0.05) is 12.1 Å². The van der Waals surface area contributed by atoms with E-state index < -0.39 is 5.91 Å². The number of carbonyl (C=O) groups is 1. The molecule has 1 aromatic carbocycles. The maximum Gasteiger partial charge on any atom is 0.308 e. The molecule has 1 aliphatic rings. The Labute approximate surface area is 131 Å². The van der Waals surface area contributed by atoms with Gasteiger partial charge in [0, 0.05) is 6.54 Å². The van der Waals surface area contributed by atoms with E-state index in [1.54, 1.807) is 24.3 Å². The molecule has 0 bridgehead atoms. The van der Waals surface area contributed by atoms with E-state index in [4.69, 9.17) is 9.47 Å². The monoisotopic (exact) mass is 316 g/mol. The van der Waals surface area contributed by atoms with E-state index in [9.17, 15) is 9.59 Å². The van der Waals surface area contributed by atoms with Crippen LogP contribution < -0.4 is 16.4 Å². The summed E-state index contributed by atoms with van der Waals surface area (Å²) < 4.78 is 11.6. The zero-order valence-electron chi connectivity index (χ0n) is 12.5. The van der Waals surface area contributed by atoms with Gasteiger partial charge in [-0.05, 0) is 19.1 Å². The number of nitrogens with zero attached hydrogens (tertiary/aromatic N) is 2. The van der Waals surface area contributed by atoms with Crippen molar-refractivity contribution in [3.05, 3.63) is 46.6 Å². The summed E-state index contributed by atoms with van der Waals surface area (Å²) in [5.74, 6) is -0.188. The van der Waals surface area contributed by atoms with Crippen molar-refractivity contribution in [2.45, 2.75) is 13.5 Å². The summed E-state index contributed by atoms with van der Waals surface area (Å²) in [5, 5.41) is 0.526. The average molecular weight is 316 g/mol. The summed E-state index contributed by atoms with van der Waals surface area (Å²) in [4.78, 5) is 28.8. The van der Waals surface area contributed by atoms with Crippen LogP contribution in [0.25, 0.3) is 10.9 Å². The summed E-state index contributed by atoms with van der Waals surface area (Å²) in [6.45, 7) is 2.96. The third-order valence-electron chi connectivity index (χ3n) is 3.34. The quantitative estimate of drug-likeness (QED) is 0.808. The first-order valence-corrected chi connectivity index (χ1v) is 7.21. The number of ether oxygens (including phenoxy) is 2. The number of carbonyl (C=O) groups excluding carboxylic acids is 1. The highest BCUT2D eigenvalue weighted by Gasteiger charge is 2.16. The van der Waals surface area contributed by atoms with E-state index in [2.05, 4.69) is 15.8 Å². The van der Waals surface area contributed by atoms with Gasteiger partial charge in [-0.25, -0.2) is 4.98 Å².